The molecule has 106 valence electrons. The zero-order valence-corrected chi connectivity index (χ0v) is 11.3. The Labute approximate surface area is 111 Å². The van der Waals surface area contributed by atoms with Crippen molar-refractivity contribution in [3.63, 3.8) is 0 Å². The van der Waals surface area contributed by atoms with Gasteiger partial charge in [0.05, 0.1) is 30.8 Å². The van der Waals surface area contributed by atoms with Crippen LogP contribution in [-0.2, 0) is 28.5 Å². The zero-order chi connectivity index (χ0) is 14.0. The maximum absolute atomic E-state index is 11.8. The van der Waals surface area contributed by atoms with E-state index in [1.807, 2.05) is 0 Å². The van der Waals surface area contributed by atoms with Gasteiger partial charge in [0.25, 0.3) is 0 Å². The minimum Gasteiger partial charge on any atom is -0.466 e. The number of esters is 2. The third-order valence-corrected chi connectivity index (χ3v) is 3.90. The summed E-state index contributed by atoms with van der Waals surface area (Å²) in [4.78, 5) is 23.5. The van der Waals surface area contributed by atoms with Gasteiger partial charge in [0.2, 0.25) is 0 Å². The first-order valence-electron chi connectivity index (χ1n) is 6.16. The van der Waals surface area contributed by atoms with Crippen LogP contribution in [0.3, 0.4) is 0 Å². The maximum Gasteiger partial charge on any atom is 0.337 e. The molecular formula is C13H18O6. The standard InChI is InChI=1S/C13H18O6/c1-16-10-4-7-8(5-11(10)17-2)13(15)19-6-9(7)12(14)18-3/h6-8,10-11H,4-5H2,1-3H3. The predicted octanol–water partition coefficient (Wildman–Crippen LogP) is 0.656. The molecule has 0 bridgehead atoms. The number of hydrogen-bond acceptors (Lipinski definition) is 6. The van der Waals surface area contributed by atoms with Crippen molar-refractivity contribution in [2.24, 2.45) is 11.8 Å². The van der Waals surface area contributed by atoms with Crippen molar-refractivity contribution in [1.29, 1.82) is 0 Å². The molecule has 0 N–H and O–H groups in total. The van der Waals surface area contributed by atoms with Crippen LogP contribution in [0.1, 0.15) is 12.8 Å². The predicted molar refractivity (Wildman–Crippen MR) is 64.0 cm³/mol. The van der Waals surface area contributed by atoms with Crippen molar-refractivity contribution in [2.45, 2.75) is 25.0 Å². The lowest BCUT2D eigenvalue weighted by atomic mass is 9.72. The first kappa shape index (κ1) is 14.0. The average molecular weight is 270 g/mol. The number of fused-ring (bicyclic) bond motifs is 1. The first-order valence-corrected chi connectivity index (χ1v) is 6.16. The summed E-state index contributed by atoms with van der Waals surface area (Å²) in [6.45, 7) is 0. The van der Waals surface area contributed by atoms with Gasteiger partial charge < -0.3 is 18.9 Å². The van der Waals surface area contributed by atoms with E-state index in [-0.39, 0.29) is 30.0 Å². The Morgan fingerprint density at radius 3 is 2.26 bits per heavy atom. The summed E-state index contributed by atoms with van der Waals surface area (Å²) in [5.41, 5.74) is 0.392. The van der Waals surface area contributed by atoms with Crippen molar-refractivity contribution in [3.8, 4) is 0 Å². The Morgan fingerprint density at radius 1 is 1.16 bits per heavy atom. The number of rotatable bonds is 3. The molecule has 6 nitrogen and oxygen atoms in total. The minimum absolute atomic E-state index is 0.148. The van der Waals surface area contributed by atoms with Gasteiger partial charge in [-0.3, -0.25) is 4.79 Å². The lowest BCUT2D eigenvalue weighted by Gasteiger charge is -2.40. The van der Waals surface area contributed by atoms with Gasteiger partial charge in [-0.1, -0.05) is 0 Å². The monoisotopic (exact) mass is 270 g/mol. The van der Waals surface area contributed by atoms with Gasteiger partial charge in [0.15, 0.2) is 0 Å². The molecule has 0 saturated heterocycles. The number of hydrogen-bond donors (Lipinski definition) is 0. The highest BCUT2D eigenvalue weighted by Gasteiger charge is 2.47. The van der Waals surface area contributed by atoms with Gasteiger partial charge in [-0.15, -0.1) is 0 Å². The molecule has 0 amide bonds. The zero-order valence-electron chi connectivity index (χ0n) is 11.3. The average Bonchev–Trinajstić information content (AvgIpc) is 2.45. The van der Waals surface area contributed by atoms with Crippen molar-refractivity contribution in [2.75, 3.05) is 21.3 Å². The summed E-state index contributed by atoms with van der Waals surface area (Å²) in [6.07, 6.45) is 1.90. The van der Waals surface area contributed by atoms with Gasteiger partial charge in [-0.05, 0) is 12.8 Å². The van der Waals surface area contributed by atoms with Crippen molar-refractivity contribution >= 4 is 11.9 Å². The van der Waals surface area contributed by atoms with E-state index in [9.17, 15) is 9.59 Å². The highest BCUT2D eigenvalue weighted by atomic mass is 16.5. The molecule has 0 spiro atoms. The Morgan fingerprint density at radius 2 is 1.74 bits per heavy atom. The SMILES string of the molecule is COC(=O)C1=COC(=O)C2CC(OC)C(OC)CC12. The van der Waals surface area contributed by atoms with E-state index in [2.05, 4.69) is 0 Å². The number of cyclic esters (lactones) is 1. The van der Waals surface area contributed by atoms with Crippen LogP contribution in [0.25, 0.3) is 0 Å². The third-order valence-electron chi connectivity index (χ3n) is 3.90. The molecule has 1 saturated carbocycles. The van der Waals surface area contributed by atoms with Gasteiger partial charge in [0.1, 0.15) is 6.26 Å². The molecule has 6 heteroatoms. The molecule has 0 aromatic heterocycles. The van der Waals surface area contributed by atoms with E-state index in [1.54, 1.807) is 14.2 Å². The van der Waals surface area contributed by atoms with E-state index >= 15 is 0 Å². The van der Waals surface area contributed by atoms with Crippen molar-refractivity contribution in [3.05, 3.63) is 11.8 Å². The molecule has 19 heavy (non-hydrogen) atoms. The highest BCUT2D eigenvalue weighted by Crippen LogP contribution is 2.40. The largest absolute Gasteiger partial charge is 0.466 e. The van der Waals surface area contributed by atoms with Gasteiger partial charge >= 0.3 is 11.9 Å². The van der Waals surface area contributed by atoms with Crippen LogP contribution >= 0.6 is 0 Å². The summed E-state index contributed by atoms with van der Waals surface area (Å²) in [5.74, 6) is -1.40. The fourth-order valence-corrected chi connectivity index (χ4v) is 2.85. The molecule has 0 aromatic rings. The normalized spacial score (nSPS) is 34.1. The van der Waals surface area contributed by atoms with Crippen LogP contribution in [0.4, 0.5) is 0 Å². The van der Waals surface area contributed by atoms with E-state index in [4.69, 9.17) is 18.9 Å². The number of methoxy groups -OCH3 is 3. The fraction of sp³-hybridized carbons (Fsp3) is 0.692. The molecule has 4 atom stereocenters. The maximum atomic E-state index is 11.8. The van der Waals surface area contributed by atoms with Crippen LogP contribution in [0, 0.1) is 11.8 Å². The minimum atomic E-state index is -0.465. The molecule has 4 unspecified atom stereocenters. The molecule has 1 fully saturated rings. The molecule has 1 aliphatic heterocycles. The number of carbonyl (C=O) groups excluding carboxylic acids is 2. The molecule has 2 rings (SSSR count). The molecule has 0 aromatic carbocycles. The van der Waals surface area contributed by atoms with E-state index < -0.39 is 5.97 Å². The molecule has 0 radical (unpaired) electrons. The third kappa shape index (κ3) is 2.50. The lowest BCUT2D eigenvalue weighted by molar-refractivity contribution is -0.157. The molecule has 1 heterocycles. The summed E-state index contributed by atoms with van der Waals surface area (Å²) >= 11 is 0. The Bertz CT molecular complexity index is 402. The van der Waals surface area contributed by atoms with Crippen LogP contribution in [0.15, 0.2) is 11.8 Å². The van der Waals surface area contributed by atoms with E-state index in [0.717, 1.165) is 0 Å². The van der Waals surface area contributed by atoms with Gasteiger partial charge in [0, 0.05) is 20.1 Å². The molecule has 1 aliphatic carbocycles. The van der Waals surface area contributed by atoms with Crippen molar-refractivity contribution in [1.82, 2.24) is 0 Å². The van der Waals surface area contributed by atoms with Crippen LogP contribution in [0.5, 0.6) is 0 Å². The second-order valence-electron chi connectivity index (χ2n) is 4.73. The van der Waals surface area contributed by atoms with Gasteiger partial charge in [-0.2, -0.15) is 0 Å². The van der Waals surface area contributed by atoms with Crippen LogP contribution in [-0.4, -0.2) is 45.5 Å². The quantitative estimate of drug-likeness (QED) is 0.701. The Balaban J connectivity index is 2.26. The summed E-state index contributed by atoms with van der Waals surface area (Å²) in [6, 6.07) is 0. The molecule has 2 aliphatic rings. The van der Waals surface area contributed by atoms with Crippen LogP contribution < -0.4 is 0 Å². The summed E-state index contributed by atoms with van der Waals surface area (Å²) in [7, 11) is 4.49. The second kappa shape index (κ2) is 5.71. The second-order valence-corrected chi connectivity index (χ2v) is 4.73. The van der Waals surface area contributed by atoms with Crippen molar-refractivity contribution < 1.29 is 28.5 Å². The van der Waals surface area contributed by atoms with Crippen LogP contribution in [0.2, 0.25) is 0 Å². The molecular weight excluding hydrogens is 252 g/mol. The topological polar surface area (TPSA) is 71.1 Å². The summed E-state index contributed by atoms with van der Waals surface area (Å²) in [5, 5.41) is 0. The summed E-state index contributed by atoms with van der Waals surface area (Å²) < 4.78 is 20.4. The van der Waals surface area contributed by atoms with Gasteiger partial charge in [-0.25, -0.2) is 4.79 Å². The highest BCUT2D eigenvalue weighted by molar-refractivity contribution is 5.91. The fourth-order valence-electron chi connectivity index (χ4n) is 2.85. The number of carbonyl (C=O) groups is 2. The first-order chi connectivity index (χ1) is 9.12. The van der Waals surface area contributed by atoms with E-state index in [0.29, 0.717) is 18.4 Å². The lowest BCUT2D eigenvalue weighted by Crippen LogP contribution is -2.47. The smallest absolute Gasteiger partial charge is 0.337 e. The Kier molecular flexibility index (Phi) is 4.21. The Hall–Kier alpha value is -1.40. The van der Waals surface area contributed by atoms with E-state index in [1.165, 1.54) is 13.4 Å². The number of ether oxygens (including phenoxy) is 4.